The molecule has 0 spiro atoms. The van der Waals surface area contributed by atoms with Gasteiger partial charge < -0.3 is 0 Å². The van der Waals surface area contributed by atoms with Gasteiger partial charge in [-0.3, -0.25) is 4.79 Å². The number of hydrogen-bond acceptors (Lipinski definition) is 1. The molecule has 0 aliphatic heterocycles. The topological polar surface area (TPSA) is 17.1 Å². The van der Waals surface area contributed by atoms with Crippen LogP contribution in [0, 0.1) is 0 Å². The summed E-state index contributed by atoms with van der Waals surface area (Å²) in [6.07, 6.45) is 7.61. The fourth-order valence-electron chi connectivity index (χ4n) is 2.11. The number of Topliss-reactive ketones (excluding diaryl/α,β-unsaturated/α-hetero) is 1. The molecule has 1 rings (SSSR count). The number of carbonyl (C=O) groups is 1. The minimum atomic E-state index is 0.292. The molecule has 100 valence electrons. The van der Waals surface area contributed by atoms with Crippen LogP contribution in [0.3, 0.4) is 0 Å². The molecule has 0 saturated heterocycles. The molecule has 0 N–H and O–H groups in total. The Bertz CT molecular complexity index is 360. The van der Waals surface area contributed by atoms with E-state index in [2.05, 4.69) is 28.9 Å². The molecule has 2 heteroatoms. The van der Waals surface area contributed by atoms with Crippen molar-refractivity contribution in [3.05, 3.63) is 35.4 Å². The van der Waals surface area contributed by atoms with Crippen molar-refractivity contribution in [2.75, 3.05) is 5.33 Å². The van der Waals surface area contributed by atoms with Gasteiger partial charge in [0.1, 0.15) is 0 Å². The van der Waals surface area contributed by atoms with Crippen molar-refractivity contribution in [1.82, 2.24) is 0 Å². The van der Waals surface area contributed by atoms with Gasteiger partial charge in [-0.05, 0) is 24.8 Å². The summed E-state index contributed by atoms with van der Waals surface area (Å²) in [6.45, 7) is 2.22. The predicted octanol–water partition coefficient (Wildman–Crippen LogP) is 5.17. The summed E-state index contributed by atoms with van der Waals surface area (Å²) >= 11 is 3.38. The Hall–Kier alpha value is -0.630. The number of benzene rings is 1. The third-order valence-electron chi connectivity index (χ3n) is 3.15. The monoisotopic (exact) mass is 310 g/mol. The summed E-state index contributed by atoms with van der Waals surface area (Å²) in [5, 5.41) is 0.900. The largest absolute Gasteiger partial charge is 0.294 e. The van der Waals surface area contributed by atoms with Gasteiger partial charge in [-0.1, -0.05) is 66.4 Å². The zero-order chi connectivity index (χ0) is 13.2. The van der Waals surface area contributed by atoms with Crippen LogP contribution in [0.25, 0.3) is 0 Å². The van der Waals surface area contributed by atoms with Crippen LogP contribution in [0.4, 0.5) is 0 Å². The van der Waals surface area contributed by atoms with Crippen LogP contribution >= 0.6 is 15.9 Å². The van der Waals surface area contributed by atoms with E-state index in [0.29, 0.717) is 12.2 Å². The predicted molar refractivity (Wildman–Crippen MR) is 81.6 cm³/mol. The quantitative estimate of drug-likeness (QED) is 0.349. The fraction of sp³-hybridized carbons (Fsp3) is 0.562. The first-order valence-corrected chi connectivity index (χ1v) is 8.08. The number of halogens is 1. The van der Waals surface area contributed by atoms with Crippen LogP contribution in [0.5, 0.6) is 0 Å². The summed E-state index contributed by atoms with van der Waals surface area (Å²) in [5.74, 6) is 0.292. The van der Waals surface area contributed by atoms with Crippen LogP contribution in [0.15, 0.2) is 24.3 Å². The second-order valence-corrected chi connectivity index (χ2v) is 5.48. The van der Waals surface area contributed by atoms with Gasteiger partial charge >= 0.3 is 0 Å². The molecule has 0 aliphatic rings. The van der Waals surface area contributed by atoms with Gasteiger partial charge in [0.2, 0.25) is 0 Å². The first-order valence-electron chi connectivity index (χ1n) is 6.96. The standard InChI is InChI=1S/C16H23BrO/c1-2-3-4-5-9-14-10-6-7-11-15(14)16(18)12-8-13-17/h6-7,10-11H,2-5,8-9,12-13H2,1H3. The number of rotatable bonds is 9. The number of unbranched alkanes of at least 4 members (excludes halogenated alkanes) is 3. The first kappa shape index (κ1) is 15.4. The van der Waals surface area contributed by atoms with Gasteiger partial charge in [0, 0.05) is 17.3 Å². The summed E-state index contributed by atoms with van der Waals surface area (Å²) in [7, 11) is 0. The Kier molecular flexibility index (Phi) is 7.99. The normalized spacial score (nSPS) is 10.6. The van der Waals surface area contributed by atoms with E-state index < -0.39 is 0 Å². The van der Waals surface area contributed by atoms with Crippen LogP contribution in [0.1, 0.15) is 61.4 Å². The number of alkyl halides is 1. The minimum Gasteiger partial charge on any atom is -0.294 e. The maximum Gasteiger partial charge on any atom is 0.163 e. The molecule has 0 bridgehead atoms. The van der Waals surface area contributed by atoms with Crippen molar-refractivity contribution in [2.24, 2.45) is 0 Å². The molecule has 0 aromatic heterocycles. The van der Waals surface area contributed by atoms with E-state index in [0.717, 1.165) is 23.7 Å². The average molecular weight is 311 g/mol. The minimum absolute atomic E-state index is 0.292. The molecule has 1 aromatic carbocycles. The highest BCUT2D eigenvalue weighted by molar-refractivity contribution is 9.09. The third-order valence-corrected chi connectivity index (χ3v) is 3.72. The van der Waals surface area contributed by atoms with Crippen molar-refractivity contribution < 1.29 is 4.79 Å². The Labute approximate surface area is 119 Å². The summed E-state index contributed by atoms with van der Waals surface area (Å²) in [6, 6.07) is 8.09. The van der Waals surface area contributed by atoms with E-state index in [9.17, 15) is 4.79 Å². The summed E-state index contributed by atoms with van der Waals surface area (Å²) < 4.78 is 0. The van der Waals surface area contributed by atoms with E-state index in [1.807, 2.05) is 18.2 Å². The molecule has 18 heavy (non-hydrogen) atoms. The molecule has 1 aromatic rings. The number of hydrogen-bond donors (Lipinski definition) is 0. The molecule has 1 nitrogen and oxygen atoms in total. The van der Waals surface area contributed by atoms with Crippen molar-refractivity contribution in [3.63, 3.8) is 0 Å². The zero-order valence-corrected chi connectivity index (χ0v) is 12.8. The Morgan fingerprint density at radius 3 is 2.61 bits per heavy atom. The first-order chi connectivity index (χ1) is 8.79. The molecule has 0 fully saturated rings. The molecular formula is C16H23BrO. The lowest BCUT2D eigenvalue weighted by Gasteiger charge is -2.08. The fourth-order valence-corrected chi connectivity index (χ4v) is 2.39. The number of aryl methyl sites for hydroxylation is 1. The van der Waals surface area contributed by atoms with Crippen molar-refractivity contribution in [1.29, 1.82) is 0 Å². The zero-order valence-electron chi connectivity index (χ0n) is 11.3. The lowest BCUT2D eigenvalue weighted by molar-refractivity contribution is 0.0981. The van der Waals surface area contributed by atoms with E-state index >= 15 is 0 Å². The van der Waals surface area contributed by atoms with Gasteiger partial charge in [0.15, 0.2) is 5.78 Å². The third kappa shape index (κ3) is 5.34. The number of ketones is 1. The lowest BCUT2D eigenvalue weighted by Crippen LogP contribution is -2.04. The lowest BCUT2D eigenvalue weighted by atomic mass is 9.96. The van der Waals surface area contributed by atoms with E-state index in [4.69, 9.17) is 0 Å². The maximum absolute atomic E-state index is 12.1. The molecular weight excluding hydrogens is 288 g/mol. The maximum atomic E-state index is 12.1. The van der Waals surface area contributed by atoms with Crippen molar-refractivity contribution >= 4 is 21.7 Å². The molecule has 0 heterocycles. The highest BCUT2D eigenvalue weighted by Crippen LogP contribution is 2.16. The molecule has 0 amide bonds. The van der Waals surface area contributed by atoms with Crippen molar-refractivity contribution in [2.45, 2.75) is 51.9 Å². The molecule has 0 atom stereocenters. The molecule has 0 saturated carbocycles. The summed E-state index contributed by atoms with van der Waals surface area (Å²) in [4.78, 5) is 12.1. The molecule has 0 aliphatic carbocycles. The smallest absolute Gasteiger partial charge is 0.163 e. The van der Waals surface area contributed by atoms with E-state index in [1.54, 1.807) is 0 Å². The van der Waals surface area contributed by atoms with Gasteiger partial charge in [0.25, 0.3) is 0 Å². The van der Waals surface area contributed by atoms with E-state index in [1.165, 1.54) is 31.2 Å². The SMILES string of the molecule is CCCCCCc1ccccc1C(=O)CCCBr. The highest BCUT2D eigenvalue weighted by Gasteiger charge is 2.09. The average Bonchev–Trinajstić information content (AvgIpc) is 2.41. The van der Waals surface area contributed by atoms with Crippen molar-refractivity contribution in [3.8, 4) is 0 Å². The van der Waals surface area contributed by atoms with Crippen LogP contribution in [-0.4, -0.2) is 11.1 Å². The van der Waals surface area contributed by atoms with Crippen LogP contribution in [0.2, 0.25) is 0 Å². The Balaban J connectivity index is 2.58. The number of carbonyl (C=O) groups excluding carboxylic acids is 1. The van der Waals surface area contributed by atoms with Gasteiger partial charge in [-0.15, -0.1) is 0 Å². The second-order valence-electron chi connectivity index (χ2n) is 4.68. The summed E-state index contributed by atoms with van der Waals surface area (Å²) in [5.41, 5.74) is 2.17. The highest BCUT2D eigenvalue weighted by atomic mass is 79.9. The second kappa shape index (κ2) is 9.32. The van der Waals surface area contributed by atoms with Crippen LogP contribution < -0.4 is 0 Å². The molecule has 0 unspecified atom stereocenters. The van der Waals surface area contributed by atoms with Gasteiger partial charge in [-0.25, -0.2) is 0 Å². The Morgan fingerprint density at radius 2 is 1.89 bits per heavy atom. The van der Waals surface area contributed by atoms with Crippen LogP contribution in [-0.2, 0) is 6.42 Å². The molecule has 0 radical (unpaired) electrons. The Morgan fingerprint density at radius 1 is 1.11 bits per heavy atom. The van der Waals surface area contributed by atoms with Gasteiger partial charge in [-0.2, -0.15) is 0 Å². The van der Waals surface area contributed by atoms with E-state index in [-0.39, 0.29) is 0 Å². The van der Waals surface area contributed by atoms with Gasteiger partial charge in [0.05, 0.1) is 0 Å².